The summed E-state index contributed by atoms with van der Waals surface area (Å²) in [5, 5.41) is 0. The Morgan fingerprint density at radius 3 is 2.24 bits per heavy atom. The number of aromatic amines is 1. The third-order valence-electron chi connectivity index (χ3n) is 3.12. The molecular weight excluding hydrogens is 336 g/mol. The van der Waals surface area contributed by atoms with Gasteiger partial charge in [-0.1, -0.05) is 0 Å². The largest absolute Gasteiger partial charge is 0.466 e. The normalized spacial score (nSPS) is 12.8. The van der Waals surface area contributed by atoms with Gasteiger partial charge in [0.2, 0.25) is 0 Å². The Hall–Kier alpha value is -2.91. The van der Waals surface area contributed by atoms with Crippen molar-refractivity contribution >= 4 is 17.9 Å². The fourth-order valence-electron chi connectivity index (χ4n) is 2.15. The standard InChI is InChI=1S/C15H20N2O8/c1-9(18)23-7-5-12(17-6-4-14(21)16-15(17)22)13(25-11(3)20)8-24-10(2)19/h4,6,12-13H,5,7-8H2,1-3H3,(H,16,21,22)/t12-,13+/m0/s1. The number of rotatable bonds is 8. The van der Waals surface area contributed by atoms with E-state index in [4.69, 9.17) is 14.2 Å². The highest BCUT2D eigenvalue weighted by molar-refractivity contribution is 5.67. The first-order chi connectivity index (χ1) is 11.7. The molecule has 0 saturated carbocycles. The molecule has 10 nitrogen and oxygen atoms in total. The fourth-order valence-corrected chi connectivity index (χ4v) is 2.15. The lowest BCUT2D eigenvalue weighted by Crippen LogP contribution is -2.41. The van der Waals surface area contributed by atoms with Gasteiger partial charge in [-0.25, -0.2) is 4.79 Å². The number of nitrogens with zero attached hydrogens (tertiary/aromatic N) is 1. The summed E-state index contributed by atoms with van der Waals surface area (Å²) >= 11 is 0. The van der Waals surface area contributed by atoms with Crippen molar-refractivity contribution in [2.24, 2.45) is 0 Å². The third kappa shape index (κ3) is 7.02. The van der Waals surface area contributed by atoms with Crippen molar-refractivity contribution in [3.05, 3.63) is 33.1 Å². The van der Waals surface area contributed by atoms with Gasteiger partial charge in [0.05, 0.1) is 12.6 Å². The molecule has 0 radical (unpaired) electrons. The average Bonchev–Trinajstić information content (AvgIpc) is 2.48. The third-order valence-corrected chi connectivity index (χ3v) is 3.12. The Kier molecular flexibility index (Phi) is 7.57. The summed E-state index contributed by atoms with van der Waals surface area (Å²) in [6, 6.07) is 0.295. The van der Waals surface area contributed by atoms with E-state index in [0.29, 0.717) is 0 Å². The quantitative estimate of drug-likeness (QED) is 0.488. The van der Waals surface area contributed by atoms with Crippen molar-refractivity contribution in [1.82, 2.24) is 9.55 Å². The maximum absolute atomic E-state index is 12.1. The molecule has 0 aliphatic heterocycles. The Labute approximate surface area is 142 Å². The van der Waals surface area contributed by atoms with E-state index in [2.05, 4.69) is 4.98 Å². The van der Waals surface area contributed by atoms with Gasteiger partial charge < -0.3 is 14.2 Å². The molecule has 1 heterocycles. The molecule has 1 aromatic rings. The van der Waals surface area contributed by atoms with Gasteiger partial charge in [-0.15, -0.1) is 0 Å². The van der Waals surface area contributed by atoms with Crippen LogP contribution in [0.25, 0.3) is 0 Å². The van der Waals surface area contributed by atoms with Crippen LogP contribution in [0, 0.1) is 0 Å². The first kappa shape index (κ1) is 20.1. The molecule has 0 amide bonds. The highest BCUT2D eigenvalue weighted by Crippen LogP contribution is 2.18. The van der Waals surface area contributed by atoms with Crippen molar-refractivity contribution in [3.63, 3.8) is 0 Å². The van der Waals surface area contributed by atoms with E-state index < -0.39 is 41.3 Å². The number of aromatic nitrogens is 2. The number of esters is 3. The number of hydrogen-bond acceptors (Lipinski definition) is 8. The second-order valence-electron chi connectivity index (χ2n) is 5.16. The Morgan fingerprint density at radius 1 is 1.08 bits per heavy atom. The minimum absolute atomic E-state index is 0.0661. The summed E-state index contributed by atoms with van der Waals surface area (Å²) in [7, 11) is 0. The molecule has 0 aliphatic carbocycles. The molecular formula is C15H20N2O8. The van der Waals surface area contributed by atoms with Crippen molar-refractivity contribution < 1.29 is 28.6 Å². The van der Waals surface area contributed by atoms with Gasteiger partial charge >= 0.3 is 23.6 Å². The lowest BCUT2D eigenvalue weighted by molar-refractivity contribution is -0.160. The molecule has 2 atom stereocenters. The van der Waals surface area contributed by atoms with Crippen molar-refractivity contribution in [3.8, 4) is 0 Å². The molecule has 0 spiro atoms. The number of hydrogen-bond donors (Lipinski definition) is 1. The van der Waals surface area contributed by atoms with E-state index in [1.54, 1.807) is 0 Å². The summed E-state index contributed by atoms with van der Waals surface area (Å²) in [6.45, 7) is 3.21. The molecule has 0 saturated heterocycles. The van der Waals surface area contributed by atoms with Gasteiger partial charge in [0.25, 0.3) is 5.56 Å². The average molecular weight is 356 g/mol. The molecule has 1 N–H and O–H groups in total. The van der Waals surface area contributed by atoms with Crippen molar-refractivity contribution in [1.29, 1.82) is 0 Å². The van der Waals surface area contributed by atoms with Crippen LogP contribution in [0.2, 0.25) is 0 Å². The SMILES string of the molecule is CC(=O)OCC[C@@H]([C@@H](COC(C)=O)OC(C)=O)n1ccc(=O)[nH]c1=O. The molecule has 138 valence electrons. The number of ether oxygens (including phenoxy) is 3. The number of carbonyl (C=O) groups excluding carboxylic acids is 3. The topological polar surface area (TPSA) is 134 Å². The molecule has 0 aliphatic rings. The Balaban J connectivity index is 3.16. The summed E-state index contributed by atoms with van der Waals surface area (Å²) in [4.78, 5) is 58.7. The van der Waals surface area contributed by atoms with Gasteiger partial charge in [0.1, 0.15) is 6.61 Å². The van der Waals surface area contributed by atoms with Crippen LogP contribution < -0.4 is 11.2 Å². The van der Waals surface area contributed by atoms with E-state index >= 15 is 0 Å². The van der Waals surface area contributed by atoms with Gasteiger partial charge in [-0.05, 0) is 0 Å². The second-order valence-corrected chi connectivity index (χ2v) is 5.16. The Bertz CT molecular complexity index is 736. The highest BCUT2D eigenvalue weighted by Gasteiger charge is 2.28. The van der Waals surface area contributed by atoms with Gasteiger partial charge in [-0.3, -0.25) is 28.7 Å². The predicted octanol–water partition coefficient (Wildman–Crippen LogP) is -0.474. The molecule has 0 unspecified atom stereocenters. The first-order valence-electron chi connectivity index (χ1n) is 7.46. The molecule has 1 rings (SSSR count). The number of H-pyrrole nitrogens is 1. The van der Waals surface area contributed by atoms with E-state index in [0.717, 1.165) is 10.6 Å². The molecule has 0 fully saturated rings. The zero-order chi connectivity index (χ0) is 19.0. The maximum Gasteiger partial charge on any atom is 0.328 e. The van der Waals surface area contributed by atoms with Crippen LogP contribution in [-0.4, -0.2) is 46.8 Å². The van der Waals surface area contributed by atoms with Crippen molar-refractivity contribution in [2.75, 3.05) is 13.2 Å². The molecule has 25 heavy (non-hydrogen) atoms. The first-order valence-corrected chi connectivity index (χ1v) is 7.46. The highest BCUT2D eigenvalue weighted by atomic mass is 16.6. The monoisotopic (exact) mass is 356 g/mol. The molecule has 10 heteroatoms. The van der Waals surface area contributed by atoms with Gasteiger partial charge in [-0.2, -0.15) is 0 Å². The van der Waals surface area contributed by atoms with Crippen LogP contribution in [0.4, 0.5) is 0 Å². The minimum atomic E-state index is -1.01. The van der Waals surface area contributed by atoms with E-state index in [-0.39, 0.29) is 19.6 Å². The smallest absolute Gasteiger partial charge is 0.328 e. The summed E-state index contributed by atoms with van der Waals surface area (Å²) in [5.74, 6) is -1.76. The van der Waals surface area contributed by atoms with E-state index in [1.165, 1.54) is 27.0 Å². The van der Waals surface area contributed by atoms with Crippen LogP contribution in [0.5, 0.6) is 0 Å². The van der Waals surface area contributed by atoms with Crippen molar-refractivity contribution in [2.45, 2.75) is 39.3 Å². The van der Waals surface area contributed by atoms with Crippen LogP contribution >= 0.6 is 0 Å². The summed E-state index contributed by atoms with van der Waals surface area (Å²) < 4.78 is 16.0. The van der Waals surface area contributed by atoms with Crippen LogP contribution in [-0.2, 0) is 28.6 Å². The second kappa shape index (κ2) is 9.40. The zero-order valence-electron chi connectivity index (χ0n) is 14.1. The molecule has 1 aromatic heterocycles. The minimum Gasteiger partial charge on any atom is -0.466 e. The maximum atomic E-state index is 12.1. The van der Waals surface area contributed by atoms with Gasteiger partial charge in [0, 0.05) is 39.5 Å². The lowest BCUT2D eigenvalue weighted by atomic mass is 10.1. The molecule has 0 bridgehead atoms. The summed E-state index contributed by atoms with van der Waals surface area (Å²) in [5.41, 5.74) is -1.33. The zero-order valence-corrected chi connectivity index (χ0v) is 14.1. The fraction of sp³-hybridized carbons (Fsp3) is 0.533. The number of nitrogens with one attached hydrogen (secondary N) is 1. The van der Waals surface area contributed by atoms with Crippen LogP contribution in [0.15, 0.2) is 21.9 Å². The Morgan fingerprint density at radius 2 is 1.72 bits per heavy atom. The van der Waals surface area contributed by atoms with E-state index in [9.17, 15) is 24.0 Å². The summed E-state index contributed by atoms with van der Waals surface area (Å²) in [6.07, 6.45) is 0.301. The van der Waals surface area contributed by atoms with Gasteiger partial charge in [0.15, 0.2) is 6.10 Å². The van der Waals surface area contributed by atoms with Crippen LogP contribution in [0.3, 0.4) is 0 Å². The lowest BCUT2D eigenvalue weighted by Gasteiger charge is -2.27. The molecule has 0 aromatic carbocycles. The van der Waals surface area contributed by atoms with Crippen LogP contribution in [0.1, 0.15) is 33.2 Å². The predicted molar refractivity (Wildman–Crippen MR) is 83.8 cm³/mol. The van der Waals surface area contributed by atoms with E-state index in [1.807, 2.05) is 0 Å². The number of carbonyl (C=O) groups is 3.